The van der Waals surface area contributed by atoms with Gasteiger partial charge in [-0.2, -0.15) is 0 Å². The highest BCUT2D eigenvalue weighted by molar-refractivity contribution is 7.99. The molecule has 4 nitrogen and oxygen atoms in total. The number of carboxylic acids is 1. The molecule has 1 aromatic carbocycles. The van der Waals surface area contributed by atoms with Gasteiger partial charge in [-0.1, -0.05) is 29.3 Å². The van der Waals surface area contributed by atoms with Gasteiger partial charge in [-0.25, -0.2) is 0 Å². The molecule has 22 heavy (non-hydrogen) atoms. The van der Waals surface area contributed by atoms with Gasteiger partial charge in [-0.05, 0) is 31.0 Å². The van der Waals surface area contributed by atoms with E-state index in [1.165, 1.54) is 11.8 Å². The van der Waals surface area contributed by atoms with Crippen LogP contribution in [-0.4, -0.2) is 40.2 Å². The maximum Gasteiger partial charge on any atom is 0.308 e. The minimum absolute atomic E-state index is 0.0219. The lowest BCUT2D eigenvalue weighted by molar-refractivity contribution is -0.142. The number of halogens is 2. The molecule has 1 amide bonds. The van der Waals surface area contributed by atoms with Gasteiger partial charge >= 0.3 is 5.97 Å². The summed E-state index contributed by atoms with van der Waals surface area (Å²) in [5.74, 6) is -0.378. The quantitative estimate of drug-likeness (QED) is 0.870. The number of carbonyl (C=O) groups excluding carboxylic acids is 1. The van der Waals surface area contributed by atoms with Crippen LogP contribution in [0.25, 0.3) is 0 Å². The average molecular weight is 362 g/mol. The van der Waals surface area contributed by atoms with E-state index in [4.69, 9.17) is 28.3 Å². The van der Waals surface area contributed by atoms with Crippen LogP contribution in [0.1, 0.15) is 18.9 Å². The summed E-state index contributed by atoms with van der Waals surface area (Å²) >= 11 is 13.4. The predicted molar refractivity (Wildman–Crippen MR) is 89.5 cm³/mol. The highest BCUT2D eigenvalue weighted by atomic mass is 35.5. The van der Waals surface area contributed by atoms with Gasteiger partial charge in [0.2, 0.25) is 5.91 Å². The number of rotatable bonds is 5. The lowest BCUT2D eigenvalue weighted by Crippen LogP contribution is -2.38. The normalized spacial score (nSPS) is 21.1. The van der Waals surface area contributed by atoms with Crippen molar-refractivity contribution in [3.63, 3.8) is 0 Å². The fourth-order valence-corrected chi connectivity index (χ4v) is 4.06. The molecule has 120 valence electrons. The second-order valence-corrected chi connectivity index (χ2v) is 7.12. The van der Waals surface area contributed by atoms with E-state index in [1.807, 2.05) is 6.07 Å². The molecule has 0 aromatic heterocycles. The van der Waals surface area contributed by atoms with Crippen molar-refractivity contribution in [3.05, 3.63) is 33.8 Å². The summed E-state index contributed by atoms with van der Waals surface area (Å²) < 4.78 is 0. The minimum Gasteiger partial charge on any atom is -0.481 e. The Hall–Kier alpha value is -0.910. The third kappa shape index (κ3) is 4.09. The fourth-order valence-electron chi connectivity index (χ4n) is 2.59. The number of benzene rings is 1. The van der Waals surface area contributed by atoms with Crippen molar-refractivity contribution in [3.8, 4) is 0 Å². The van der Waals surface area contributed by atoms with Gasteiger partial charge < -0.3 is 10.0 Å². The van der Waals surface area contributed by atoms with Gasteiger partial charge in [0.15, 0.2) is 0 Å². The molecule has 0 aliphatic carbocycles. The molecular weight excluding hydrogens is 345 g/mol. The number of hydrogen-bond acceptors (Lipinski definition) is 3. The third-order valence-electron chi connectivity index (χ3n) is 3.89. The van der Waals surface area contributed by atoms with Crippen molar-refractivity contribution in [2.45, 2.75) is 25.1 Å². The summed E-state index contributed by atoms with van der Waals surface area (Å²) in [7, 11) is 0. The molecule has 1 N–H and O–H groups in total. The Morgan fingerprint density at radius 2 is 2.14 bits per heavy atom. The first kappa shape index (κ1) is 17.4. The maximum atomic E-state index is 12.2. The van der Waals surface area contributed by atoms with Gasteiger partial charge in [-0.15, -0.1) is 11.8 Å². The summed E-state index contributed by atoms with van der Waals surface area (Å²) in [5.41, 5.74) is 0.932. The molecule has 0 saturated carbocycles. The molecule has 2 rings (SSSR count). The summed E-state index contributed by atoms with van der Waals surface area (Å²) in [5, 5.41) is 10.3. The molecule has 0 radical (unpaired) electrons. The molecule has 1 aromatic rings. The monoisotopic (exact) mass is 361 g/mol. The van der Waals surface area contributed by atoms with Crippen LogP contribution in [0.15, 0.2) is 18.2 Å². The zero-order valence-corrected chi connectivity index (χ0v) is 14.4. The molecule has 1 saturated heterocycles. The molecule has 0 spiro atoms. The first-order valence-corrected chi connectivity index (χ1v) is 8.85. The lowest BCUT2D eigenvalue weighted by atomic mass is 10.0. The van der Waals surface area contributed by atoms with Crippen molar-refractivity contribution in [2.75, 3.05) is 12.3 Å². The third-order valence-corrected chi connectivity index (χ3v) is 5.44. The number of carboxylic acid groups (broad SMARTS) is 1. The number of carbonyl (C=O) groups is 2. The van der Waals surface area contributed by atoms with Crippen molar-refractivity contribution < 1.29 is 14.7 Å². The summed E-state index contributed by atoms with van der Waals surface area (Å²) in [6, 6.07) is 5.05. The van der Waals surface area contributed by atoms with Crippen molar-refractivity contribution in [1.29, 1.82) is 0 Å². The maximum absolute atomic E-state index is 12.2. The molecule has 1 aliphatic heterocycles. The Morgan fingerprint density at radius 1 is 1.41 bits per heavy atom. The summed E-state index contributed by atoms with van der Waals surface area (Å²) in [6.45, 7) is 2.31. The summed E-state index contributed by atoms with van der Waals surface area (Å²) in [6.07, 6.45) is 0.524. The van der Waals surface area contributed by atoms with Gasteiger partial charge in [-0.3, -0.25) is 9.59 Å². The topological polar surface area (TPSA) is 57.6 Å². The second kappa shape index (κ2) is 7.57. The molecule has 1 fully saturated rings. The van der Waals surface area contributed by atoms with E-state index in [1.54, 1.807) is 24.0 Å². The van der Waals surface area contributed by atoms with Crippen LogP contribution >= 0.6 is 35.0 Å². The zero-order valence-electron chi connectivity index (χ0n) is 12.1. The zero-order chi connectivity index (χ0) is 16.3. The van der Waals surface area contributed by atoms with E-state index in [9.17, 15) is 9.59 Å². The number of hydrogen-bond donors (Lipinski definition) is 1. The molecule has 1 heterocycles. The Morgan fingerprint density at radius 3 is 2.73 bits per heavy atom. The van der Waals surface area contributed by atoms with Crippen molar-refractivity contribution >= 4 is 46.8 Å². The average Bonchev–Trinajstić information content (AvgIpc) is 2.83. The number of amides is 1. The van der Waals surface area contributed by atoms with E-state index in [2.05, 4.69) is 0 Å². The molecular formula is C15H17Cl2NO3S. The number of nitrogens with zero attached hydrogens (tertiary/aromatic N) is 1. The highest BCUT2D eigenvalue weighted by Crippen LogP contribution is 2.27. The van der Waals surface area contributed by atoms with E-state index in [0.717, 1.165) is 5.56 Å². The van der Waals surface area contributed by atoms with E-state index >= 15 is 0 Å². The molecule has 2 atom stereocenters. The second-order valence-electron chi connectivity index (χ2n) is 5.29. The standard InChI is InChI=1S/C15H17Cl2NO3S/c1-9-12(15(20)21)4-5-18(9)14(19)8-22-7-10-2-3-11(16)6-13(10)17/h2-3,6,9,12H,4-5,7-8H2,1H3,(H,20,21). The van der Waals surface area contributed by atoms with Gasteiger partial charge in [0.05, 0.1) is 11.7 Å². The first-order valence-electron chi connectivity index (χ1n) is 6.94. The molecule has 1 aliphatic rings. The smallest absolute Gasteiger partial charge is 0.308 e. The SMILES string of the molecule is CC1C(C(=O)O)CCN1C(=O)CSCc1ccc(Cl)cc1Cl. The van der Waals surface area contributed by atoms with Crippen LogP contribution in [0.5, 0.6) is 0 Å². The van der Waals surface area contributed by atoms with Crippen molar-refractivity contribution in [2.24, 2.45) is 5.92 Å². The van der Waals surface area contributed by atoms with Gasteiger partial charge in [0, 0.05) is 28.4 Å². The Kier molecular flexibility index (Phi) is 6.01. The predicted octanol–water partition coefficient (Wildman–Crippen LogP) is 3.55. The molecule has 7 heteroatoms. The van der Waals surface area contributed by atoms with Crippen LogP contribution in [0.4, 0.5) is 0 Å². The van der Waals surface area contributed by atoms with E-state index < -0.39 is 11.9 Å². The fraction of sp³-hybridized carbons (Fsp3) is 0.467. The summed E-state index contributed by atoms with van der Waals surface area (Å²) in [4.78, 5) is 24.9. The van der Waals surface area contributed by atoms with Crippen LogP contribution in [0, 0.1) is 5.92 Å². The largest absolute Gasteiger partial charge is 0.481 e. The number of likely N-dealkylation sites (tertiary alicyclic amines) is 1. The first-order chi connectivity index (χ1) is 10.4. The van der Waals surface area contributed by atoms with Crippen molar-refractivity contribution in [1.82, 2.24) is 4.90 Å². The Labute approximate surface area is 143 Å². The van der Waals surface area contributed by atoms with Crippen LogP contribution < -0.4 is 0 Å². The molecule has 2 unspecified atom stereocenters. The molecule has 0 bridgehead atoms. The number of thioether (sulfide) groups is 1. The van der Waals surface area contributed by atoms with E-state index in [-0.39, 0.29) is 11.9 Å². The van der Waals surface area contributed by atoms with Gasteiger partial charge in [0.25, 0.3) is 0 Å². The van der Waals surface area contributed by atoms with Crippen LogP contribution in [0.2, 0.25) is 10.0 Å². The highest BCUT2D eigenvalue weighted by Gasteiger charge is 2.37. The Bertz CT molecular complexity index is 582. The van der Waals surface area contributed by atoms with Gasteiger partial charge in [0.1, 0.15) is 0 Å². The van der Waals surface area contributed by atoms with E-state index in [0.29, 0.717) is 34.5 Å². The van der Waals surface area contributed by atoms with Crippen LogP contribution in [-0.2, 0) is 15.3 Å². The van der Waals surface area contributed by atoms with Crippen LogP contribution in [0.3, 0.4) is 0 Å². The lowest BCUT2D eigenvalue weighted by Gasteiger charge is -2.23. The minimum atomic E-state index is -0.830. The Balaban J connectivity index is 1.84. The number of aliphatic carboxylic acids is 1.